The highest BCUT2D eigenvalue weighted by Crippen LogP contribution is 2.46. The smallest absolute Gasteiger partial charge is 0.131 e. The van der Waals surface area contributed by atoms with Crippen LogP contribution in [0.15, 0.2) is 243 Å². The monoisotopic (exact) mass is 1720 g/mol. The first-order valence-electron chi connectivity index (χ1n) is 51.6. The number of benzene rings is 11. The van der Waals surface area contributed by atoms with E-state index >= 15 is 8.78 Å². The van der Waals surface area contributed by atoms with Crippen LogP contribution in [0.5, 0.6) is 0 Å². The van der Waals surface area contributed by atoms with Gasteiger partial charge in [-0.15, -0.1) is 0 Å². The van der Waals surface area contributed by atoms with Gasteiger partial charge in [-0.05, 0) is 331 Å². The molecule has 678 valence electrons. The van der Waals surface area contributed by atoms with Crippen LogP contribution in [0, 0.1) is 52.9 Å². The summed E-state index contributed by atoms with van der Waals surface area (Å²) in [6, 6.07) is 83.2. The second kappa shape index (κ2) is 50.5. The lowest BCUT2D eigenvalue weighted by Gasteiger charge is -2.29. The zero-order chi connectivity index (χ0) is 89.4. The molecule has 5 fully saturated rings. The molecule has 4 heteroatoms. The molecule has 5 aliphatic rings. The first-order valence-corrected chi connectivity index (χ1v) is 51.6. The van der Waals surface area contributed by atoms with Crippen LogP contribution >= 0.6 is 0 Å². The van der Waals surface area contributed by atoms with Crippen molar-refractivity contribution in [3.63, 3.8) is 0 Å². The van der Waals surface area contributed by atoms with Gasteiger partial charge in [-0.2, -0.15) is 0 Å². The van der Waals surface area contributed by atoms with E-state index in [0.717, 1.165) is 123 Å². The van der Waals surface area contributed by atoms with Crippen LogP contribution < -0.4 is 0 Å². The molecule has 0 aliphatic heterocycles. The molecule has 5 aliphatic carbocycles. The zero-order valence-corrected chi connectivity index (χ0v) is 79.7. The maximum atomic E-state index is 15.1. The van der Waals surface area contributed by atoms with Crippen molar-refractivity contribution in [1.29, 1.82) is 0 Å². The number of rotatable bonds is 32. The van der Waals surface area contributed by atoms with Gasteiger partial charge in [0.2, 0.25) is 0 Å². The van der Waals surface area contributed by atoms with E-state index in [-0.39, 0.29) is 23.3 Å². The average molecular weight is 1720 g/mol. The van der Waals surface area contributed by atoms with Gasteiger partial charge in [0.05, 0.1) is 0 Å². The van der Waals surface area contributed by atoms with Gasteiger partial charge in [-0.25, -0.2) is 17.6 Å². The van der Waals surface area contributed by atoms with Crippen LogP contribution in [0.3, 0.4) is 0 Å². The number of hydrogen-bond acceptors (Lipinski definition) is 0. The van der Waals surface area contributed by atoms with Gasteiger partial charge in [-0.3, -0.25) is 0 Å². The van der Waals surface area contributed by atoms with E-state index in [9.17, 15) is 8.78 Å². The molecule has 0 unspecified atom stereocenters. The summed E-state index contributed by atoms with van der Waals surface area (Å²) in [7, 11) is 0. The molecule has 0 saturated heterocycles. The molecule has 5 saturated carbocycles. The number of aryl methyl sites for hydroxylation is 3. The van der Waals surface area contributed by atoms with E-state index in [0.29, 0.717) is 46.3 Å². The van der Waals surface area contributed by atoms with Gasteiger partial charge in [0.1, 0.15) is 23.3 Å². The first-order chi connectivity index (χ1) is 62.7. The molecule has 16 rings (SSSR count). The molecule has 11 aromatic carbocycles. The molecule has 0 spiro atoms. The largest absolute Gasteiger partial charge is 0.206 e. The van der Waals surface area contributed by atoms with E-state index in [1.807, 2.05) is 48.5 Å². The van der Waals surface area contributed by atoms with Crippen molar-refractivity contribution in [2.24, 2.45) is 29.6 Å². The summed E-state index contributed by atoms with van der Waals surface area (Å²) in [6.07, 6.45) is 52.4. The van der Waals surface area contributed by atoms with E-state index in [1.54, 1.807) is 18.2 Å². The lowest BCUT2D eigenvalue weighted by Crippen LogP contribution is -2.13. The fraction of sp³-hybridized carbons (Fsp3) is 0.468. The quantitative estimate of drug-likeness (QED) is 0.0291. The fourth-order valence-electron chi connectivity index (χ4n) is 22.4. The average Bonchev–Trinajstić information content (AvgIpc) is 0.818. The summed E-state index contributed by atoms with van der Waals surface area (Å²) in [5.74, 6) is 7.38. The molecular formula is C124H154F4. The van der Waals surface area contributed by atoms with Crippen molar-refractivity contribution >= 4 is 0 Å². The Morgan fingerprint density at radius 1 is 0.188 bits per heavy atom. The highest BCUT2D eigenvalue weighted by Gasteiger charge is 2.29. The van der Waals surface area contributed by atoms with Crippen molar-refractivity contribution in [3.05, 3.63) is 310 Å². The van der Waals surface area contributed by atoms with E-state index < -0.39 is 0 Å². The minimum absolute atomic E-state index is 0.0523. The molecule has 128 heavy (non-hydrogen) atoms. The van der Waals surface area contributed by atoms with Crippen molar-refractivity contribution in [1.82, 2.24) is 0 Å². The number of halogens is 4. The van der Waals surface area contributed by atoms with Crippen LogP contribution in [0.1, 0.15) is 367 Å². The fourth-order valence-corrected chi connectivity index (χ4v) is 22.4. The molecular weight excluding hydrogens is 1570 g/mol. The maximum Gasteiger partial charge on any atom is 0.131 e. The summed E-state index contributed by atoms with van der Waals surface area (Å²) >= 11 is 0. The Kier molecular flexibility index (Phi) is 38.2. The normalized spacial score (nSPS) is 20.5. The second-order valence-electron chi connectivity index (χ2n) is 39.6. The second-order valence-corrected chi connectivity index (χ2v) is 39.6. The predicted octanol–water partition coefficient (Wildman–Crippen LogP) is 38.8. The van der Waals surface area contributed by atoms with Crippen LogP contribution in [-0.2, 0) is 19.3 Å². The Bertz CT molecular complexity index is 5030. The lowest BCUT2D eigenvalue weighted by atomic mass is 9.76. The van der Waals surface area contributed by atoms with Gasteiger partial charge >= 0.3 is 0 Å². The minimum Gasteiger partial charge on any atom is -0.206 e. The van der Waals surface area contributed by atoms with Gasteiger partial charge in [-0.1, -0.05) is 383 Å². The molecule has 0 N–H and O–H groups in total. The van der Waals surface area contributed by atoms with Gasteiger partial charge in [0.25, 0.3) is 0 Å². The summed E-state index contributed by atoms with van der Waals surface area (Å²) in [5, 5.41) is 0. The van der Waals surface area contributed by atoms with E-state index in [2.05, 4.69) is 231 Å². The Labute approximate surface area is 772 Å². The molecule has 0 nitrogen and oxygen atoms in total. The Balaban J connectivity index is 0.000000146. The Morgan fingerprint density at radius 3 is 0.664 bits per heavy atom. The first kappa shape index (κ1) is 96.7. The molecule has 0 aromatic heterocycles. The van der Waals surface area contributed by atoms with Crippen molar-refractivity contribution in [2.45, 2.75) is 342 Å². The van der Waals surface area contributed by atoms with Crippen molar-refractivity contribution in [3.8, 4) is 77.9 Å². The maximum absolute atomic E-state index is 15.1. The zero-order valence-electron chi connectivity index (χ0n) is 79.7. The topological polar surface area (TPSA) is 0 Å². The SMILES string of the molecule is CCCCC1CCC(c2ccc(-c3ccc(-c4ccc(CCC)cc4)cc3F)cc2)CC1.CCCCCC1CCC(c2ccc(-c3ccc(-c4ccc(CC)cc4)cc3F)cc2)CC1.CCCCCC1CCC(c2ccc(-c3ccc(C4CCC(CCC)CC4)cc3F)cc2)CC1.CCCc1ccc(-c2ccc(-c3ccc(C4CCC(CCC)CC4)cc3)c(F)c2)cc1. The highest BCUT2D eigenvalue weighted by molar-refractivity contribution is 5.75. The Hall–Kier alpha value is -8.86. The number of hydrogen-bond donors (Lipinski definition) is 0. The summed E-state index contributed by atoms with van der Waals surface area (Å²) < 4.78 is 60.1. The van der Waals surface area contributed by atoms with E-state index in [1.165, 1.54) is 269 Å². The van der Waals surface area contributed by atoms with Crippen LogP contribution in [0.2, 0.25) is 0 Å². The molecule has 0 amide bonds. The van der Waals surface area contributed by atoms with Gasteiger partial charge in [0, 0.05) is 22.3 Å². The Morgan fingerprint density at radius 2 is 0.414 bits per heavy atom. The standard InChI is InChI=1S/C32H45F.2C31H37F.C30H35F/c1-3-5-6-8-25-11-13-26(14-12-25)27-17-19-29(20-18-27)31-22-21-30(23-32(31)33)28-15-9-24(7-4-2)10-16-28;1-3-5-6-7-24-10-14-25(15-11-24)26-16-18-28(19-17-26)30-21-20-29(22-31(30)32)27-12-8-23(4-2)9-13-27;1-3-5-7-24-10-12-25(13-11-24)26-16-18-28(19-17-26)30-21-20-29(22-31(30)32)27-14-8-23(6-4-2)9-15-27;1-3-5-22-7-11-24(12-8-22)25-15-17-27(18-16-25)29-20-19-28(21-30(29)31)26-13-9-23(6-4-2)10-14-26/h17-26,28H,3-16H2,1-2H3;8-9,12-13,16-22,24-25H,3-7,10-11,14-15H2,1-2H3;8-9,14-22,24-25H,3-7,10-13H2,1-2H3;9-10,13-22,24H,3-8,11-12H2,1-2H3. The summed E-state index contributed by atoms with van der Waals surface area (Å²) in [4.78, 5) is 0. The molecule has 11 aromatic rings. The minimum atomic E-state index is -0.151. The third-order valence-electron chi connectivity index (χ3n) is 30.5. The van der Waals surface area contributed by atoms with Gasteiger partial charge < -0.3 is 0 Å². The van der Waals surface area contributed by atoms with Crippen molar-refractivity contribution < 1.29 is 17.6 Å². The van der Waals surface area contributed by atoms with Gasteiger partial charge in [0.15, 0.2) is 0 Å². The molecule has 0 atom stereocenters. The van der Waals surface area contributed by atoms with Crippen LogP contribution in [0.25, 0.3) is 77.9 Å². The van der Waals surface area contributed by atoms with Crippen LogP contribution in [-0.4, -0.2) is 0 Å². The third kappa shape index (κ3) is 27.6. The number of unbranched alkanes of at least 4 members (excludes halogenated alkanes) is 5. The van der Waals surface area contributed by atoms with Crippen molar-refractivity contribution in [2.75, 3.05) is 0 Å². The van der Waals surface area contributed by atoms with Crippen LogP contribution in [0.4, 0.5) is 17.6 Å². The van der Waals surface area contributed by atoms with E-state index in [4.69, 9.17) is 0 Å². The third-order valence-corrected chi connectivity index (χ3v) is 30.5. The molecule has 0 radical (unpaired) electrons. The highest BCUT2D eigenvalue weighted by atomic mass is 19.1. The summed E-state index contributed by atoms with van der Waals surface area (Å²) in [6.45, 7) is 18.0. The lowest BCUT2D eigenvalue weighted by molar-refractivity contribution is 0.303. The molecule has 0 heterocycles. The summed E-state index contributed by atoms with van der Waals surface area (Å²) in [5.41, 5.74) is 23.6. The predicted molar refractivity (Wildman–Crippen MR) is 542 cm³/mol. The molecule has 0 bridgehead atoms.